The lowest BCUT2D eigenvalue weighted by Crippen LogP contribution is -2.32. The molecule has 4 aliphatic rings. The van der Waals surface area contributed by atoms with Crippen molar-refractivity contribution in [3.05, 3.63) is 53.6 Å². The Morgan fingerprint density at radius 1 is 0.914 bits per heavy atom. The van der Waals surface area contributed by atoms with Crippen molar-refractivity contribution in [3.63, 3.8) is 0 Å². The quantitative estimate of drug-likeness (QED) is 0.384. The van der Waals surface area contributed by atoms with Crippen LogP contribution in [0.5, 0.6) is 5.75 Å². The Hall–Kier alpha value is -3.48. The van der Waals surface area contributed by atoms with E-state index < -0.39 is 11.9 Å². The molecule has 2 saturated carbocycles. The van der Waals surface area contributed by atoms with E-state index in [9.17, 15) is 19.2 Å². The fourth-order valence-electron chi connectivity index (χ4n) is 6.65. The number of carbonyl (C=O) groups is 4. The molecule has 4 fully saturated rings. The highest BCUT2D eigenvalue weighted by atomic mass is 16.5. The summed E-state index contributed by atoms with van der Waals surface area (Å²) in [6.07, 6.45) is 3.18. The molecule has 6 rings (SSSR count). The monoisotopic (exact) mass is 472 g/mol. The molecular weight excluding hydrogens is 444 g/mol. The van der Waals surface area contributed by atoms with Crippen molar-refractivity contribution in [2.24, 2.45) is 29.6 Å². The molecule has 7 heteroatoms. The molecule has 2 aliphatic carbocycles. The number of anilines is 2. The summed E-state index contributed by atoms with van der Waals surface area (Å²) in [7, 11) is 0. The minimum Gasteiger partial charge on any atom is -0.426 e. The Morgan fingerprint density at radius 2 is 1.57 bits per heavy atom. The number of imide groups is 1. The number of hydrogen-bond acceptors (Lipinski definition) is 5. The van der Waals surface area contributed by atoms with Crippen LogP contribution >= 0.6 is 0 Å². The van der Waals surface area contributed by atoms with Crippen LogP contribution in [-0.4, -0.2) is 30.2 Å². The SMILES string of the molecule is Cc1cccc(N2C[C@H](C(=O)Oc3ccc(N4C(=O)[C@H]5[C@H]6CC[C@@H](C6)[C@@H]5C4=O)cc3)CC2=O)c1C. The van der Waals surface area contributed by atoms with Crippen molar-refractivity contribution in [1.82, 2.24) is 0 Å². The van der Waals surface area contributed by atoms with Crippen molar-refractivity contribution in [3.8, 4) is 5.75 Å². The molecule has 5 atom stereocenters. The zero-order valence-electron chi connectivity index (χ0n) is 19.9. The number of hydrogen-bond donors (Lipinski definition) is 0. The van der Waals surface area contributed by atoms with E-state index in [0.29, 0.717) is 23.3 Å². The van der Waals surface area contributed by atoms with Gasteiger partial charge in [-0.1, -0.05) is 12.1 Å². The number of aryl methyl sites for hydroxylation is 1. The van der Waals surface area contributed by atoms with E-state index >= 15 is 0 Å². The molecule has 2 aromatic carbocycles. The van der Waals surface area contributed by atoms with Gasteiger partial charge < -0.3 is 9.64 Å². The molecule has 0 radical (unpaired) electrons. The van der Waals surface area contributed by atoms with E-state index in [0.717, 1.165) is 36.1 Å². The zero-order valence-corrected chi connectivity index (χ0v) is 19.9. The lowest BCUT2D eigenvalue weighted by Gasteiger charge is -2.20. The second kappa shape index (κ2) is 8.04. The van der Waals surface area contributed by atoms with Crippen LogP contribution in [0.25, 0.3) is 0 Å². The third-order valence-electron chi connectivity index (χ3n) is 8.57. The van der Waals surface area contributed by atoms with Gasteiger partial charge in [-0.15, -0.1) is 0 Å². The first-order valence-electron chi connectivity index (χ1n) is 12.4. The van der Waals surface area contributed by atoms with E-state index in [1.807, 2.05) is 32.0 Å². The third-order valence-corrected chi connectivity index (χ3v) is 8.57. The van der Waals surface area contributed by atoms with Crippen LogP contribution in [0.2, 0.25) is 0 Å². The van der Waals surface area contributed by atoms with E-state index in [4.69, 9.17) is 4.74 Å². The van der Waals surface area contributed by atoms with Crippen LogP contribution < -0.4 is 14.5 Å². The summed E-state index contributed by atoms with van der Waals surface area (Å²) < 4.78 is 5.57. The largest absolute Gasteiger partial charge is 0.426 e. The average molecular weight is 473 g/mol. The van der Waals surface area contributed by atoms with Gasteiger partial charge in [0.25, 0.3) is 0 Å². The maximum absolute atomic E-state index is 13.0. The molecule has 35 heavy (non-hydrogen) atoms. The second-order valence-corrected chi connectivity index (χ2v) is 10.4. The Balaban J connectivity index is 1.13. The highest BCUT2D eigenvalue weighted by Crippen LogP contribution is 2.56. The van der Waals surface area contributed by atoms with Gasteiger partial charge in [-0.2, -0.15) is 0 Å². The highest BCUT2D eigenvalue weighted by Gasteiger charge is 2.61. The molecule has 2 bridgehead atoms. The molecule has 0 spiro atoms. The third kappa shape index (κ3) is 3.39. The predicted octanol–water partition coefficient (Wildman–Crippen LogP) is 3.80. The molecule has 0 aromatic heterocycles. The minimum atomic E-state index is -0.557. The smallest absolute Gasteiger partial charge is 0.316 e. The molecule has 2 heterocycles. The zero-order chi connectivity index (χ0) is 24.4. The predicted molar refractivity (Wildman–Crippen MR) is 129 cm³/mol. The first-order valence-corrected chi connectivity index (χ1v) is 12.4. The van der Waals surface area contributed by atoms with Gasteiger partial charge in [-0.3, -0.25) is 24.1 Å². The fraction of sp³-hybridized carbons (Fsp3) is 0.429. The minimum absolute atomic E-state index is 0.0899. The topological polar surface area (TPSA) is 84.0 Å². The van der Waals surface area contributed by atoms with E-state index in [1.54, 1.807) is 29.2 Å². The molecule has 2 aromatic rings. The van der Waals surface area contributed by atoms with Crippen LogP contribution in [0, 0.1) is 43.4 Å². The summed E-state index contributed by atoms with van der Waals surface area (Å²) in [5.74, 6) is -0.625. The Morgan fingerprint density at radius 3 is 2.23 bits per heavy atom. The average Bonchev–Trinajstić information content (AvgIpc) is 3.60. The van der Waals surface area contributed by atoms with Gasteiger partial charge in [0.15, 0.2) is 0 Å². The molecule has 2 aliphatic heterocycles. The summed E-state index contributed by atoms with van der Waals surface area (Å²) in [5, 5.41) is 0. The summed E-state index contributed by atoms with van der Waals surface area (Å²) in [4.78, 5) is 54.5. The Kier molecular flexibility index (Phi) is 5.06. The number of carbonyl (C=O) groups excluding carboxylic acids is 4. The van der Waals surface area contributed by atoms with Crippen LogP contribution in [0.4, 0.5) is 11.4 Å². The molecule has 0 N–H and O–H groups in total. The molecular formula is C28H28N2O5. The van der Waals surface area contributed by atoms with E-state index in [-0.39, 0.29) is 42.5 Å². The van der Waals surface area contributed by atoms with Crippen molar-refractivity contribution >= 4 is 35.1 Å². The number of amides is 3. The summed E-state index contributed by atoms with van der Waals surface area (Å²) >= 11 is 0. The van der Waals surface area contributed by atoms with Crippen molar-refractivity contribution < 1.29 is 23.9 Å². The number of nitrogens with zero attached hydrogens (tertiary/aromatic N) is 2. The second-order valence-electron chi connectivity index (χ2n) is 10.4. The van der Waals surface area contributed by atoms with Gasteiger partial charge in [0, 0.05) is 18.7 Å². The van der Waals surface area contributed by atoms with Gasteiger partial charge in [-0.25, -0.2) is 0 Å². The van der Waals surface area contributed by atoms with Gasteiger partial charge in [0.05, 0.1) is 23.4 Å². The first-order chi connectivity index (χ1) is 16.8. The lowest BCUT2D eigenvalue weighted by atomic mass is 9.81. The fourth-order valence-corrected chi connectivity index (χ4v) is 6.65. The number of fused-ring (bicyclic) bond motifs is 5. The van der Waals surface area contributed by atoms with E-state index in [2.05, 4.69) is 0 Å². The maximum atomic E-state index is 13.0. The number of rotatable bonds is 4. The maximum Gasteiger partial charge on any atom is 0.316 e. The number of benzene rings is 2. The first kappa shape index (κ1) is 22.0. The molecule has 180 valence electrons. The van der Waals surface area contributed by atoms with Gasteiger partial charge in [-0.05, 0) is 86.4 Å². The standard InChI is InChI=1S/C28H28N2O5/c1-15-4-3-5-22(16(15)2)29-14-19(13-23(29)31)28(34)35-21-10-8-20(9-11-21)30-26(32)24-17-6-7-18(12-17)25(24)27(30)33/h3-5,8-11,17-19,24-25H,6-7,12-14H2,1-2H3/t17-,18-,19+,24-,25-/m0/s1. The van der Waals surface area contributed by atoms with Crippen LogP contribution in [0.1, 0.15) is 36.8 Å². The summed E-state index contributed by atoms with van der Waals surface area (Å²) in [6, 6.07) is 12.3. The van der Waals surface area contributed by atoms with Crippen LogP contribution in [0.3, 0.4) is 0 Å². The van der Waals surface area contributed by atoms with Gasteiger partial charge in [0.1, 0.15) is 5.75 Å². The molecule has 2 saturated heterocycles. The summed E-state index contributed by atoms with van der Waals surface area (Å²) in [5.41, 5.74) is 3.46. The lowest BCUT2D eigenvalue weighted by molar-refractivity contribution is -0.139. The molecule has 3 amide bonds. The number of ether oxygens (including phenoxy) is 1. The molecule has 0 unspecified atom stereocenters. The van der Waals surface area contributed by atoms with Crippen LogP contribution in [-0.2, 0) is 19.2 Å². The normalized spacial score (nSPS) is 29.3. The highest BCUT2D eigenvalue weighted by molar-refractivity contribution is 6.22. The summed E-state index contributed by atoms with van der Waals surface area (Å²) in [6.45, 7) is 4.25. The van der Waals surface area contributed by atoms with Crippen LogP contribution in [0.15, 0.2) is 42.5 Å². The number of esters is 1. The van der Waals surface area contributed by atoms with Crippen molar-refractivity contribution in [2.45, 2.75) is 39.5 Å². The van der Waals surface area contributed by atoms with Gasteiger partial charge >= 0.3 is 5.97 Å². The van der Waals surface area contributed by atoms with Crippen molar-refractivity contribution in [1.29, 1.82) is 0 Å². The Bertz CT molecular complexity index is 1220. The van der Waals surface area contributed by atoms with Crippen molar-refractivity contribution in [2.75, 3.05) is 16.3 Å². The Labute approximate surface area is 204 Å². The molecule has 7 nitrogen and oxygen atoms in total. The van der Waals surface area contributed by atoms with Gasteiger partial charge in [0.2, 0.25) is 17.7 Å². The van der Waals surface area contributed by atoms with E-state index in [1.165, 1.54) is 4.90 Å².